The highest BCUT2D eigenvalue weighted by atomic mass is 79.9. The smallest absolute Gasteiger partial charge is 0.219 e. The largest absolute Gasteiger partial charge is 0.379 e. The number of carbonyl (C=O) groups is 1. The predicted octanol–water partition coefficient (Wildman–Crippen LogP) is 3.73. The summed E-state index contributed by atoms with van der Waals surface area (Å²) in [5, 5.41) is 6.14. The minimum Gasteiger partial charge on any atom is -0.379 e. The maximum absolute atomic E-state index is 12.0. The maximum Gasteiger partial charge on any atom is 0.219 e. The lowest BCUT2D eigenvalue weighted by atomic mass is 9.98. The van der Waals surface area contributed by atoms with Crippen LogP contribution in [0.5, 0.6) is 0 Å². The van der Waals surface area contributed by atoms with Crippen LogP contribution in [0.2, 0.25) is 0 Å². The topological polar surface area (TPSA) is 60.2 Å². The van der Waals surface area contributed by atoms with Crippen molar-refractivity contribution >= 4 is 32.7 Å². The molecule has 1 unspecified atom stereocenters. The Balaban J connectivity index is 1.70. The molecule has 1 amide bonds. The van der Waals surface area contributed by atoms with Crippen molar-refractivity contribution in [2.24, 2.45) is 0 Å². The molecule has 7 heteroatoms. The van der Waals surface area contributed by atoms with E-state index in [1.807, 2.05) is 23.1 Å². The highest BCUT2D eigenvalue weighted by Crippen LogP contribution is 2.36. The van der Waals surface area contributed by atoms with Crippen LogP contribution in [0.3, 0.4) is 0 Å². The average molecular weight is 441 g/mol. The van der Waals surface area contributed by atoms with Crippen LogP contribution < -0.4 is 0 Å². The molecule has 1 aromatic carbocycles. The molecule has 1 saturated heterocycles. The van der Waals surface area contributed by atoms with Gasteiger partial charge in [-0.3, -0.25) is 9.48 Å². The van der Waals surface area contributed by atoms with Crippen LogP contribution in [0.4, 0.5) is 0 Å². The van der Waals surface area contributed by atoms with Gasteiger partial charge in [0, 0.05) is 55.2 Å². The molecule has 2 aromatic heterocycles. The zero-order valence-corrected chi connectivity index (χ0v) is 17.3. The monoisotopic (exact) mass is 440 g/mol. The third-order valence-corrected chi connectivity index (χ3v) is 6.18. The van der Waals surface area contributed by atoms with Crippen LogP contribution in [-0.2, 0) is 22.5 Å². The Morgan fingerprint density at radius 1 is 1.29 bits per heavy atom. The Bertz CT molecular complexity index is 1070. The van der Waals surface area contributed by atoms with Gasteiger partial charge in [-0.1, -0.05) is 12.1 Å². The second-order valence-corrected chi connectivity index (χ2v) is 8.25. The molecule has 28 heavy (non-hydrogen) atoms. The van der Waals surface area contributed by atoms with Crippen molar-refractivity contribution < 1.29 is 9.53 Å². The molecule has 3 aromatic rings. The third-order valence-electron chi connectivity index (χ3n) is 5.74. The zero-order valence-electron chi connectivity index (χ0n) is 15.7. The van der Waals surface area contributed by atoms with Gasteiger partial charge in [0.1, 0.15) is 4.60 Å². The SMILES string of the molecule is CC(=O)N1CCc2c(c(-c3cccc4nc(Br)ccc34)nn2C2CCOC2)C1. The summed E-state index contributed by atoms with van der Waals surface area (Å²) < 4.78 is 8.60. The van der Waals surface area contributed by atoms with Crippen LogP contribution in [-0.4, -0.2) is 45.3 Å². The van der Waals surface area contributed by atoms with E-state index in [1.54, 1.807) is 6.92 Å². The van der Waals surface area contributed by atoms with Crippen LogP contribution in [0.15, 0.2) is 34.9 Å². The Morgan fingerprint density at radius 3 is 2.96 bits per heavy atom. The van der Waals surface area contributed by atoms with Gasteiger partial charge in [-0.15, -0.1) is 0 Å². The van der Waals surface area contributed by atoms with E-state index in [4.69, 9.17) is 9.84 Å². The molecule has 0 saturated carbocycles. The summed E-state index contributed by atoms with van der Waals surface area (Å²) >= 11 is 3.46. The number of fused-ring (bicyclic) bond motifs is 2. The molecule has 0 spiro atoms. The summed E-state index contributed by atoms with van der Waals surface area (Å²) in [6, 6.07) is 10.4. The number of pyridine rings is 1. The first kappa shape index (κ1) is 17.8. The second-order valence-electron chi connectivity index (χ2n) is 7.43. The van der Waals surface area contributed by atoms with E-state index in [9.17, 15) is 4.79 Å². The summed E-state index contributed by atoms with van der Waals surface area (Å²) in [6.07, 6.45) is 1.81. The number of carbonyl (C=O) groups excluding carboxylic acids is 1. The standard InChI is InChI=1S/C21H21BrN4O2/c1-13(27)25-9-7-19-17(11-25)21(24-26(19)14-8-10-28-12-14)16-3-2-4-18-15(16)5-6-20(22)23-18/h2-6,14H,7-12H2,1H3. The summed E-state index contributed by atoms with van der Waals surface area (Å²) in [6.45, 7) is 4.46. The van der Waals surface area contributed by atoms with Gasteiger partial charge in [0.15, 0.2) is 0 Å². The van der Waals surface area contributed by atoms with Gasteiger partial charge in [-0.05, 0) is 40.5 Å². The van der Waals surface area contributed by atoms with Gasteiger partial charge in [0.25, 0.3) is 0 Å². The van der Waals surface area contributed by atoms with Crippen LogP contribution in [0.25, 0.3) is 22.2 Å². The number of rotatable bonds is 2. The van der Waals surface area contributed by atoms with E-state index in [2.05, 4.69) is 37.7 Å². The van der Waals surface area contributed by atoms with Crippen molar-refractivity contribution in [2.75, 3.05) is 19.8 Å². The molecule has 2 aliphatic heterocycles. The number of nitrogens with zero attached hydrogens (tertiary/aromatic N) is 4. The first-order chi connectivity index (χ1) is 13.6. The molecule has 0 bridgehead atoms. The van der Waals surface area contributed by atoms with Crippen molar-refractivity contribution in [2.45, 2.75) is 32.4 Å². The van der Waals surface area contributed by atoms with Crippen LogP contribution in [0.1, 0.15) is 30.6 Å². The molecular weight excluding hydrogens is 420 g/mol. The number of amides is 1. The van der Waals surface area contributed by atoms with Gasteiger partial charge in [-0.25, -0.2) is 4.98 Å². The lowest BCUT2D eigenvalue weighted by Gasteiger charge is -2.27. The third kappa shape index (κ3) is 2.93. The number of ether oxygens (including phenoxy) is 1. The molecule has 4 heterocycles. The molecule has 1 fully saturated rings. The predicted molar refractivity (Wildman–Crippen MR) is 110 cm³/mol. The number of hydrogen-bond acceptors (Lipinski definition) is 4. The molecule has 2 aliphatic rings. The summed E-state index contributed by atoms with van der Waals surface area (Å²) in [5.74, 6) is 0.108. The van der Waals surface area contributed by atoms with Gasteiger partial charge >= 0.3 is 0 Å². The van der Waals surface area contributed by atoms with E-state index in [1.165, 1.54) is 5.69 Å². The first-order valence-corrected chi connectivity index (χ1v) is 10.4. The normalized spacial score (nSPS) is 19.2. The molecule has 144 valence electrons. The number of aromatic nitrogens is 3. The summed E-state index contributed by atoms with van der Waals surface area (Å²) in [5.41, 5.74) is 5.35. The van der Waals surface area contributed by atoms with Crippen molar-refractivity contribution in [3.05, 3.63) is 46.2 Å². The summed E-state index contributed by atoms with van der Waals surface area (Å²) in [7, 11) is 0. The Labute approximate surface area is 171 Å². The molecule has 0 radical (unpaired) electrons. The van der Waals surface area contributed by atoms with E-state index < -0.39 is 0 Å². The molecule has 0 aliphatic carbocycles. The second kappa shape index (κ2) is 6.97. The van der Waals surface area contributed by atoms with Gasteiger partial charge in [0.2, 0.25) is 5.91 Å². The molecule has 6 nitrogen and oxygen atoms in total. The number of halogens is 1. The Kier molecular flexibility index (Phi) is 4.44. The van der Waals surface area contributed by atoms with E-state index in [-0.39, 0.29) is 11.9 Å². The van der Waals surface area contributed by atoms with Gasteiger partial charge in [-0.2, -0.15) is 5.10 Å². The van der Waals surface area contributed by atoms with E-state index >= 15 is 0 Å². The van der Waals surface area contributed by atoms with E-state index in [0.717, 1.165) is 58.3 Å². The molecule has 5 rings (SSSR count). The van der Waals surface area contributed by atoms with E-state index in [0.29, 0.717) is 13.2 Å². The molecule has 1 atom stereocenters. The average Bonchev–Trinajstić information content (AvgIpc) is 3.34. The first-order valence-electron chi connectivity index (χ1n) is 9.61. The van der Waals surface area contributed by atoms with Crippen molar-refractivity contribution in [3.63, 3.8) is 0 Å². The minimum absolute atomic E-state index is 0.108. The maximum atomic E-state index is 12.0. The highest BCUT2D eigenvalue weighted by Gasteiger charge is 2.31. The van der Waals surface area contributed by atoms with Gasteiger partial charge in [0.05, 0.1) is 23.9 Å². The fourth-order valence-electron chi connectivity index (χ4n) is 4.28. The summed E-state index contributed by atoms with van der Waals surface area (Å²) in [4.78, 5) is 18.5. The fourth-order valence-corrected chi connectivity index (χ4v) is 4.61. The fraction of sp³-hybridized carbons (Fsp3) is 0.381. The molecule has 0 N–H and O–H groups in total. The van der Waals surface area contributed by atoms with Crippen molar-refractivity contribution in [1.82, 2.24) is 19.7 Å². The number of hydrogen-bond donors (Lipinski definition) is 0. The Morgan fingerprint density at radius 2 is 2.18 bits per heavy atom. The lowest BCUT2D eigenvalue weighted by Crippen LogP contribution is -2.35. The van der Waals surface area contributed by atoms with Crippen LogP contribution >= 0.6 is 15.9 Å². The van der Waals surface area contributed by atoms with Crippen LogP contribution in [0, 0.1) is 0 Å². The molecular formula is C21H21BrN4O2. The number of benzene rings is 1. The highest BCUT2D eigenvalue weighted by molar-refractivity contribution is 9.10. The van der Waals surface area contributed by atoms with Gasteiger partial charge < -0.3 is 9.64 Å². The lowest BCUT2D eigenvalue weighted by molar-refractivity contribution is -0.129. The quantitative estimate of drug-likeness (QED) is 0.569. The Hall–Kier alpha value is -2.25. The van der Waals surface area contributed by atoms with Crippen molar-refractivity contribution in [1.29, 1.82) is 0 Å². The zero-order chi connectivity index (χ0) is 19.3. The minimum atomic E-state index is 0.108. The van der Waals surface area contributed by atoms with Crippen molar-refractivity contribution in [3.8, 4) is 11.3 Å².